The maximum atomic E-state index is 11.8. The van der Waals surface area contributed by atoms with E-state index in [0.717, 1.165) is 37.2 Å². The summed E-state index contributed by atoms with van der Waals surface area (Å²) in [5, 5.41) is 3.49. The van der Waals surface area contributed by atoms with Crippen molar-refractivity contribution in [2.75, 3.05) is 31.2 Å². The predicted octanol–water partition coefficient (Wildman–Crippen LogP) is 2.68. The van der Waals surface area contributed by atoms with Crippen LogP contribution >= 0.6 is 0 Å². The lowest BCUT2D eigenvalue weighted by Crippen LogP contribution is -2.39. The third-order valence-corrected chi connectivity index (χ3v) is 5.32. The predicted molar refractivity (Wildman–Crippen MR) is 87.7 cm³/mol. The van der Waals surface area contributed by atoms with Crippen LogP contribution in [-0.2, 0) is 9.84 Å². The number of nitrogens with one attached hydrogen (secondary N) is 1. The van der Waals surface area contributed by atoms with E-state index in [1.165, 1.54) is 19.2 Å². The Balaban J connectivity index is 2.01. The minimum Gasteiger partial charge on any atom is -0.382 e. The van der Waals surface area contributed by atoms with Crippen molar-refractivity contribution in [3.63, 3.8) is 0 Å². The fourth-order valence-corrected chi connectivity index (χ4v) is 3.94. The molecule has 0 bridgehead atoms. The molecule has 0 amide bonds. The Bertz CT molecular complexity index is 576. The molecule has 0 atom stereocenters. The third-order valence-electron chi connectivity index (χ3n) is 4.09. The van der Waals surface area contributed by atoms with Crippen LogP contribution in [0.4, 0.5) is 5.69 Å². The van der Waals surface area contributed by atoms with Crippen LogP contribution in [-0.4, -0.2) is 45.2 Å². The topological polar surface area (TPSA) is 49.4 Å². The molecule has 0 unspecified atom stereocenters. The summed E-state index contributed by atoms with van der Waals surface area (Å²) in [4.78, 5) is 2.92. The molecule has 1 aromatic carbocycles. The van der Waals surface area contributed by atoms with Gasteiger partial charge in [0.1, 0.15) is 0 Å². The van der Waals surface area contributed by atoms with Crippen molar-refractivity contribution in [2.24, 2.45) is 0 Å². The fourth-order valence-electron chi connectivity index (χ4n) is 2.94. The molecule has 1 fully saturated rings. The number of benzene rings is 1. The van der Waals surface area contributed by atoms with Crippen LogP contribution in [0.3, 0.4) is 0 Å². The molecule has 1 heterocycles. The first-order chi connectivity index (χ1) is 9.90. The molecule has 0 spiro atoms. The van der Waals surface area contributed by atoms with Crippen LogP contribution in [0.15, 0.2) is 23.1 Å². The average Bonchev–Trinajstić information content (AvgIpc) is 2.42. The Morgan fingerprint density at radius 2 is 1.95 bits per heavy atom. The summed E-state index contributed by atoms with van der Waals surface area (Å²) in [6.45, 7) is 7.47. The van der Waals surface area contributed by atoms with E-state index in [2.05, 4.69) is 17.1 Å². The Labute approximate surface area is 128 Å². The molecule has 5 heteroatoms. The van der Waals surface area contributed by atoms with E-state index in [4.69, 9.17) is 0 Å². The summed E-state index contributed by atoms with van der Waals surface area (Å²) in [5.41, 5.74) is 1.72. The van der Waals surface area contributed by atoms with E-state index in [1.54, 1.807) is 6.07 Å². The summed E-state index contributed by atoms with van der Waals surface area (Å²) in [6, 6.07) is 6.06. The minimum atomic E-state index is -3.16. The first-order valence-corrected chi connectivity index (χ1v) is 9.59. The molecule has 2 rings (SSSR count). The monoisotopic (exact) mass is 310 g/mol. The Morgan fingerprint density at radius 1 is 1.29 bits per heavy atom. The maximum absolute atomic E-state index is 11.8. The lowest BCUT2D eigenvalue weighted by Gasteiger charge is -2.32. The number of rotatable bonds is 5. The van der Waals surface area contributed by atoms with Gasteiger partial charge in [-0.25, -0.2) is 8.42 Å². The van der Waals surface area contributed by atoms with Gasteiger partial charge in [-0.1, -0.05) is 13.0 Å². The van der Waals surface area contributed by atoms with Gasteiger partial charge in [-0.15, -0.1) is 0 Å². The zero-order valence-corrected chi connectivity index (χ0v) is 14.0. The molecule has 1 aliphatic rings. The quantitative estimate of drug-likeness (QED) is 0.908. The maximum Gasteiger partial charge on any atom is 0.175 e. The summed E-state index contributed by atoms with van der Waals surface area (Å²) in [6.07, 6.45) is 4.69. The van der Waals surface area contributed by atoms with E-state index in [9.17, 15) is 8.42 Å². The third kappa shape index (κ3) is 4.45. The molecule has 1 aliphatic heterocycles. The van der Waals surface area contributed by atoms with Crippen LogP contribution in [0.25, 0.3) is 0 Å². The normalized spacial score (nSPS) is 17.9. The first-order valence-electron chi connectivity index (χ1n) is 7.69. The minimum absolute atomic E-state index is 0.427. The molecule has 0 aromatic heterocycles. The molecule has 21 heavy (non-hydrogen) atoms. The van der Waals surface area contributed by atoms with Gasteiger partial charge < -0.3 is 10.2 Å². The van der Waals surface area contributed by atoms with Crippen molar-refractivity contribution in [1.29, 1.82) is 0 Å². The first kappa shape index (κ1) is 16.3. The highest BCUT2D eigenvalue weighted by Crippen LogP contribution is 2.22. The van der Waals surface area contributed by atoms with Crippen LogP contribution in [0.1, 0.15) is 31.7 Å². The second-order valence-corrected chi connectivity index (χ2v) is 8.00. The van der Waals surface area contributed by atoms with Crippen molar-refractivity contribution in [3.05, 3.63) is 23.8 Å². The van der Waals surface area contributed by atoms with Crippen molar-refractivity contribution in [1.82, 2.24) is 4.90 Å². The molecule has 0 radical (unpaired) electrons. The van der Waals surface area contributed by atoms with Gasteiger partial charge in [0.25, 0.3) is 0 Å². The van der Waals surface area contributed by atoms with Gasteiger partial charge in [-0.2, -0.15) is 0 Å². The summed E-state index contributed by atoms with van der Waals surface area (Å²) in [7, 11) is -3.16. The molecule has 118 valence electrons. The van der Waals surface area contributed by atoms with Crippen LogP contribution in [0.2, 0.25) is 0 Å². The van der Waals surface area contributed by atoms with Crippen LogP contribution in [0.5, 0.6) is 0 Å². The van der Waals surface area contributed by atoms with Crippen molar-refractivity contribution >= 4 is 15.5 Å². The molecule has 0 aliphatic carbocycles. The summed E-state index contributed by atoms with van der Waals surface area (Å²) in [5.74, 6) is 0. The SMILES string of the molecule is CCCN1CCC(Nc2ccc(C)c(S(C)(=O)=O)c2)CC1. The average molecular weight is 310 g/mol. The zero-order valence-electron chi connectivity index (χ0n) is 13.2. The number of sulfone groups is 1. The molecule has 1 saturated heterocycles. The number of piperidine rings is 1. The standard InChI is InChI=1S/C16H26N2O2S/c1-4-9-18-10-7-14(8-11-18)17-15-6-5-13(2)16(12-15)21(3,19)20/h5-6,12,14,17H,4,7-11H2,1-3H3. The lowest BCUT2D eigenvalue weighted by atomic mass is 10.0. The number of likely N-dealkylation sites (tertiary alicyclic amines) is 1. The molecule has 0 saturated carbocycles. The second-order valence-electron chi connectivity index (χ2n) is 6.01. The molecular formula is C16H26N2O2S. The van der Waals surface area contributed by atoms with E-state index < -0.39 is 9.84 Å². The highest BCUT2D eigenvalue weighted by molar-refractivity contribution is 7.90. The molecular weight excluding hydrogens is 284 g/mol. The lowest BCUT2D eigenvalue weighted by molar-refractivity contribution is 0.219. The van der Waals surface area contributed by atoms with Crippen molar-refractivity contribution < 1.29 is 8.42 Å². The number of hydrogen-bond acceptors (Lipinski definition) is 4. The van der Waals surface area contributed by atoms with Crippen molar-refractivity contribution in [3.8, 4) is 0 Å². The Kier molecular flexibility index (Phi) is 5.27. The molecule has 1 aromatic rings. The zero-order chi connectivity index (χ0) is 15.5. The van der Waals surface area contributed by atoms with Crippen LogP contribution in [0, 0.1) is 6.92 Å². The van der Waals surface area contributed by atoms with Crippen LogP contribution < -0.4 is 5.32 Å². The number of hydrogen-bond donors (Lipinski definition) is 1. The fraction of sp³-hybridized carbons (Fsp3) is 0.625. The Morgan fingerprint density at radius 3 is 2.52 bits per heavy atom. The number of nitrogens with zero attached hydrogens (tertiary/aromatic N) is 1. The Hall–Kier alpha value is -1.07. The smallest absolute Gasteiger partial charge is 0.175 e. The molecule has 1 N–H and O–H groups in total. The van der Waals surface area contributed by atoms with E-state index in [1.807, 2.05) is 19.1 Å². The van der Waals surface area contributed by atoms with Gasteiger partial charge in [0.05, 0.1) is 4.90 Å². The van der Waals surface area contributed by atoms with E-state index in [0.29, 0.717) is 10.9 Å². The highest BCUT2D eigenvalue weighted by Gasteiger charge is 2.19. The van der Waals surface area contributed by atoms with Gasteiger partial charge >= 0.3 is 0 Å². The number of anilines is 1. The van der Waals surface area contributed by atoms with Gasteiger partial charge in [0.15, 0.2) is 9.84 Å². The summed E-state index contributed by atoms with van der Waals surface area (Å²) >= 11 is 0. The van der Waals surface area contributed by atoms with Gasteiger partial charge in [0.2, 0.25) is 0 Å². The van der Waals surface area contributed by atoms with Crippen molar-refractivity contribution in [2.45, 2.75) is 44.0 Å². The molecule has 4 nitrogen and oxygen atoms in total. The highest BCUT2D eigenvalue weighted by atomic mass is 32.2. The second kappa shape index (κ2) is 6.79. The van der Waals surface area contributed by atoms with Gasteiger partial charge in [-0.3, -0.25) is 0 Å². The largest absolute Gasteiger partial charge is 0.382 e. The van der Waals surface area contributed by atoms with E-state index >= 15 is 0 Å². The van der Waals surface area contributed by atoms with E-state index in [-0.39, 0.29) is 0 Å². The summed E-state index contributed by atoms with van der Waals surface area (Å²) < 4.78 is 23.6. The van der Waals surface area contributed by atoms with Gasteiger partial charge in [0, 0.05) is 31.1 Å². The number of aryl methyl sites for hydroxylation is 1. The van der Waals surface area contributed by atoms with Gasteiger partial charge in [-0.05, 0) is 50.4 Å².